The minimum atomic E-state index is -0.105. The van der Waals surface area contributed by atoms with Crippen molar-refractivity contribution in [3.63, 3.8) is 0 Å². The number of nitrogens with zero attached hydrogens (tertiary/aromatic N) is 3. The van der Waals surface area contributed by atoms with Crippen molar-refractivity contribution in [1.29, 1.82) is 0 Å². The molecule has 0 aromatic carbocycles. The highest BCUT2D eigenvalue weighted by Gasteiger charge is 2.18. The molecule has 0 atom stereocenters. The lowest BCUT2D eigenvalue weighted by molar-refractivity contribution is 0.222. The van der Waals surface area contributed by atoms with Gasteiger partial charge in [-0.15, -0.1) is 0 Å². The molecule has 21 heavy (non-hydrogen) atoms. The lowest BCUT2D eigenvalue weighted by Crippen LogP contribution is -2.32. The van der Waals surface area contributed by atoms with E-state index in [0.717, 1.165) is 37.2 Å². The van der Waals surface area contributed by atoms with Crippen LogP contribution in [0, 0.1) is 0 Å². The molecule has 1 aliphatic heterocycles. The van der Waals surface area contributed by atoms with Gasteiger partial charge in [0.25, 0.3) is 0 Å². The van der Waals surface area contributed by atoms with Crippen LogP contribution in [0.5, 0.6) is 0 Å². The molecular weight excluding hydrogens is 266 g/mol. The van der Waals surface area contributed by atoms with Crippen molar-refractivity contribution in [1.82, 2.24) is 14.9 Å². The third-order valence-corrected chi connectivity index (χ3v) is 3.55. The van der Waals surface area contributed by atoms with E-state index in [1.807, 2.05) is 12.1 Å². The molecule has 2 amide bonds. The van der Waals surface area contributed by atoms with Crippen LogP contribution < -0.4 is 11.1 Å². The molecule has 108 valence electrons. The van der Waals surface area contributed by atoms with E-state index in [1.165, 1.54) is 0 Å². The van der Waals surface area contributed by atoms with E-state index in [2.05, 4.69) is 15.3 Å². The number of anilines is 2. The van der Waals surface area contributed by atoms with Gasteiger partial charge in [-0.1, -0.05) is 0 Å². The van der Waals surface area contributed by atoms with E-state index in [0.29, 0.717) is 11.4 Å². The number of aromatic nitrogens is 2. The van der Waals surface area contributed by atoms with Crippen LogP contribution in [0.3, 0.4) is 0 Å². The van der Waals surface area contributed by atoms with Gasteiger partial charge in [-0.3, -0.25) is 9.97 Å². The van der Waals surface area contributed by atoms with Crippen molar-refractivity contribution < 1.29 is 4.79 Å². The highest BCUT2D eigenvalue weighted by Crippen LogP contribution is 2.25. The zero-order chi connectivity index (χ0) is 14.7. The van der Waals surface area contributed by atoms with Crippen LogP contribution in [-0.4, -0.2) is 34.0 Å². The largest absolute Gasteiger partial charge is 0.396 e. The lowest BCUT2D eigenvalue weighted by Gasteiger charge is -2.17. The fraction of sp³-hybridized carbons (Fsp3) is 0.267. The molecule has 2 aromatic rings. The van der Waals surface area contributed by atoms with Gasteiger partial charge >= 0.3 is 6.03 Å². The van der Waals surface area contributed by atoms with Crippen LogP contribution in [0.25, 0.3) is 11.3 Å². The van der Waals surface area contributed by atoms with Gasteiger partial charge in [0, 0.05) is 31.0 Å². The minimum Gasteiger partial charge on any atom is -0.396 e. The molecule has 2 aromatic heterocycles. The predicted octanol–water partition coefficient (Wildman–Crippen LogP) is 2.35. The van der Waals surface area contributed by atoms with Gasteiger partial charge in [0.05, 0.1) is 23.3 Å². The highest BCUT2D eigenvalue weighted by atomic mass is 16.2. The molecular formula is C15H17N5O. The number of rotatable bonds is 2. The first-order chi connectivity index (χ1) is 10.2. The molecule has 1 aliphatic rings. The topological polar surface area (TPSA) is 84.1 Å². The number of hydrogen-bond donors (Lipinski definition) is 2. The first-order valence-corrected chi connectivity index (χ1v) is 6.96. The Hall–Kier alpha value is -2.63. The monoisotopic (exact) mass is 283 g/mol. The third kappa shape index (κ3) is 2.94. The summed E-state index contributed by atoms with van der Waals surface area (Å²) in [6.07, 6.45) is 7.09. The maximum Gasteiger partial charge on any atom is 0.321 e. The average molecular weight is 283 g/mol. The molecule has 0 bridgehead atoms. The fourth-order valence-corrected chi connectivity index (χ4v) is 2.37. The van der Waals surface area contributed by atoms with Crippen LogP contribution >= 0.6 is 0 Å². The van der Waals surface area contributed by atoms with E-state index in [1.54, 1.807) is 29.6 Å². The van der Waals surface area contributed by atoms with Gasteiger partial charge in [0.2, 0.25) is 0 Å². The molecule has 0 radical (unpaired) electrons. The van der Waals surface area contributed by atoms with Crippen molar-refractivity contribution in [2.24, 2.45) is 0 Å². The number of carbonyl (C=O) groups is 1. The van der Waals surface area contributed by atoms with Gasteiger partial charge < -0.3 is 16.0 Å². The van der Waals surface area contributed by atoms with Gasteiger partial charge in [-0.05, 0) is 31.0 Å². The summed E-state index contributed by atoms with van der Waals surface area (Å²) in [5.74, 6) is 0. The zero-order valence-corrected chi connectivity index (χ0v) is 11.6. The van der Waals surface area contributed by atoms with Crippen LogP contribution in [0.1, 0.15) is 12.8 Å². The molecule has 0 aliphatic carbocycles. The summed E-state index contributed by atoms with van der Waals surface area (Å²) in [6.45, 7) is 1.60. The molecule has 0 saturated carbocycles. The van der Waals surface area contributed by atoms with Crippen molar-refractivity contribution in [3.05, 3.63) is 36.8 Å². The number of pyridine rings is 2. The maximum atomic E-state index is 12.1. The van der Waals surface area contributed by atoms with Crippen molar-refractivity contribution in [3.8, 4) is 11.3 Å². The zero-order valence-electron chi connectivity index (χ0n) is 11.6. The number of nitrogens with one attached hydrogen (secondary N) is 1. The van der Waals surface area contributed by atoms with E-state index in [4.69, 9.17) is 5.73 Å². The quantitative estimate of drug-likeness (QED) is 0.886. The van der Waals surface area contributed by atoms with Crippen LogP contribution in [-0.2, 0) is 0 Å². The van der Waals surface area contributed by atoms with E-state index in [-0.39, 0.29) is 6.03 Å². The summed E-state index contributed by atoms with van der Waals surface area (Å²) in [6, 6.07) is 5.42. The van der Waals surface area contributed by atoms with Crippen molar-refractivity contribution in [2.75, 3.05) is 24.1 Å². The SMILES string of the molecule is Nc1cnc(-c2ccncc2)cc1NC(=O)N1CCCC1. The summed E-state index contributed by atoms with van der Waals surface area (Å²) < 4.78 is 0. The molecule has 1 saturated heterocycles. The van der Waals surface area contributed by atoms with E-state index < -0.39 is 0 Å². The number of urea groups is 1. The van der Waals surface area contributed by atoms with Gasteiger partial charge in [-0.25, -0.2) is 4.79 Å². The predicted molar refractivity (Wildman–Crippen MR) is 81.7 cm³/mol. The highest BCUT2D eigenvalue weighted by molar-refractivity contribution is 5.93. The molecule has 3 rings (SSSR count). The summed E-state index contributed by atoms with van der Waals surface area (Å²) in [5, 5.41) is 2.87. The van der Waals surface area contributed by atoms with Gasteiger partial charge in [0.15, 0.2) is 0 Å². The molecule has 1 fully saturated rings. The van der Waals surface area contributed by atoms with E-state index in [9.17, 15) is 4.79 Å². The Balaban J connectivity index is 1.83. The Morgan fingerprint density at radius 2 is 1.95 bits per heavy atom. The van der Waals surface area contributed by atoms with Crippen LogP contribution in [0.4, 0.5) is 16.2 Å². The summed E-state index contributed by atoms with van der Waals surface area (Å²) in [5.41, 5.74) is 8.64. The second-order valence-electron chi connectivity index (χ2n) is 5.02. The van der Waals surface area contributed by atoms with Crippen molar-refractivity contribution in [2.45, 2.75) is 12.8 Å². The summed E-state index contributed by atoms with van der Waals surface area (Å²) in [7, 11) is 0. The Morgan fingerprint density at radius 3 is 2.67 bits per heavy atom. The number of hydrogen-bond acceptors (Lipinski definition) is 4. The van der Waals surface area contributed by atoms with E-state index >= 15 is 0 Å². The standard InChI is InChI=1S/C15H17N5O/c16-12-10-18-13(11-3-5-17-6-4-11)9-14(12)19-15(21)20-7-1-2-8-20/h3-6,9-10H,1-2,7-8,16H2,(H,18,19,21). The van der Waals surface area contributed by atoms with Gasteiger partial charge in [-0.2, -0.15) is 0 Å². The molecule has 0 spiro atoms. The Bertz CT molecular complexity index is 638. The molecule has 6 nitrogen and oxygen atoms in total. The smallest absolute Gasteiger partial charge is 0.321 e. The minimum absolute atomic E-state index is 0.105. The van der Waals surface area contributed by atoms with Crippen LogP contribution in [0.2, 0.25) is 0 Å². The Kier molecular flexibility index (Phi) is 3.68. The fourth-order valence-electron chi connectivity index (χ4n) is 2.37. The second-order valence-corrected chi connectivity index (χ2v) is 5.02. The first kappa shape index (κ1) is 13.4. The molecule has 3 N–H and O–H groups in total. The average Bonchev–Trinajstić information content (AvgIpc) is 3.05. The first-order valence-electron chi connectivity index (χ1n) is 6.96. The number of amides is 2. The summed E-state index contributed by atoms with van der Waals surface area (Å²) in [4.78, 5) is 22.2. The van der Waals surface area contributed by atoms with Crippen LogP contribution in [0.15, 0.2) is 36.8 Å². The summed E-state index contributed by atoms with van der Waals surface area (Å²) >= 11 is 0. The number of likely N-dealkylation sites (tertiary alicyclic amines) is 1. The number of nitrogen functional groups attached to an aromatic ring is 1. The van der Waals surface area contributed by atoms with Gasteiger partial charge in [0.1, 0.15) is 0 Å². The number of nitrogens with two attached hydrogens (primary N) is 1. The molecule has 0 unspecified atom stereocenters. The Morgan fingerprint density at radius 1 is 1.24 bits per heavy atom. The van der Waals surface area contributed by atoms with Crippen molar-refractivity contribution >= 4 is 17.4 Å². The molecule has 3 heterocycles. The lowest BCUT2D eigenvalue weighted by atomic mass is 10.1. The normalized spacial score (nSPS) is 14.2. The Labute approximate surface area is 123 Å². The third-order valence-electron chi connectivity index (χ3n) is 3.55. The number of carbonyl (C=O) groups excluding carboxylic acids is 1. The second kappa shape index (κ2) is 5.78. The molecule has 6 heteroatoms. The maximum absolute atomic E-state index is 12.1.